The Balaban J connectivity index is 1.77. The zero-order valence-corrected chi connectivity index (χ0v) is 22.1. The minimum Gasteiger partial charge on any atom is -0.255 e. The summed E-state index contributed by atoms with van der Waals surface area (Å²) in [5.41, 5.74) is 3.33. The van der Waals surface area contributed by atoms with Gasteiger partial charge in [0.1, 0.15) is 0 Å². The molecule has 0 aliphatic rings. The molecule has 0 amide bonds. The number of alkyl halides is 2. The molecule has 2 aromatic heterocycles. The smallest absolute Gasteiger partial charge is 0.255 e. The number of benzene rings is 3. The predicted molar refractivity (Wildman–Crippen MR) is 146 cm³/mol. The highest BCUT2D eigenvalue weighted by atomic mass is 32.1. The lowest BCUT2D eigenvalue weighted by atomic mass is 9.92. The summed E-state index contributed by atoms with van der Waals surface area (Å²) in [5, 5.41) is 4.31. The summed E-state index contributed by atoms with van der Waals surface area (Å²) >= 11 is 1.46. The maximum absolute atomic E-state index is 15.5. The maximum atomic E-state index is 15.5. The van der Waals surface area contributed by atoms with Gasteiger partial charge >= 0.3 is 0 Å². The number of hydrogen-bond donors (Lipinski definition) is 0. The molecule has 0 spiro atoms. The molecule has 3 aromatic carbocycles. The average molecular weight is 490 g/mol. The molecular formula is C29H29F2NSSi. The first-order valence-electron chi connectivity index (χ1n) is 11.8. The fraction of sp³-hybridized carbons (Fsp3) is 0.276. The van der Waals surface area contributed by atoms with Crippen molar-refractivity contribution < 1.29 is 8.78 Å². The van der Waals surface area contributed by atoms with Crippen LogP contribution in [0.5, 0.6) is 0 Å². The van der Waals surface area contributed by atoms with Crippen molar-refractivity contribution in [2.75, 3.05) is 0 Å². The Morgan fingerprint density at radius 3 is 2.32 bits per heavy atom. The van der Waals surface area contributed by atoms with Crippen molar-refractivity contribution >= 4 is 50.4 Å². The van der Waals surface area contributed by atoms with E-state index in [4.69, 9.17) is 4.98 Å². The van der Waals surface area contributed by atoms with Crippen LogP contribution in [-0.2, 0) is 5.92 Å². The lowest BCUT2D eigenvalue weighted by molar-refractivity contribution is 0.0178. The van der Waals surface area contributed by atoms with E-state index in [0.29, 0.717) is 10.6 Å². The minimum absolute atomic E-state index is 0.0547. The molecule has 5 heteroatoms. The summed E-state index contributed by atoms with van der Waals surface area (Å²) in [4.78, 5) is 4.76. The first kappa shape index (κ1) is 23.1. The van der Waals surface area contributed by atoms with Gasteiger partial charge in [-0.1, -0.05) is 76.0 Å². The molecule has 0 saturated heterocycles. The topological polar surface area (TPSA) is 12.9 Å². The summed E-state index contributed by atoms with van der Waals surface area (Å²) in [6.45, 7) is 10.4. The Kier molecular flexibility index (Phi) is 5.61. The van der Waals surface area contributed by atoms with Crippen LogP contribution in [0.25, 0.3) is 42.2 Å². The molecule has 34 heavy (non-hydrogen) atoms. The second kappa shape index (κ2) is 8.24. The van der Waals surface area contributed by atoms with E-state index in [1.807, 2.05) is 31.8 Å². The van der Waals surface area contributed by atoms with E-state index >= 15 is 8.78 Å². The SMILES string of the molecule is CC(C)c1cc(-c2nccc3c2sc2c(C(F)(F)C[Si](C)(C)C)cccc23)cc2ccccc12. The monoisotopic (exact) mass is 489 g/mol. The molecule has 0 fully saturated rings. The van der Waals surface area contributed by atoms with Crippen LogP contribution in [0.3, 0.4) is 0 Å². The van der Waals surface area contributed by atoms with Gasteiger partial charge in [-0.05, 0) is 40.5 Å². The number of thiophene rings is 1. The van der Waals surface area contributed by atoms with Gasteiger partial charge in [-0.15, -0.1) is 11.3 Å². The zero-order valence-electron chi connectivity index (χ0n) is 20.2. The average Bonchev–Trinajstić information content (AvgIpc) is 3.15. The summed E-state index contributed by atoms with van der Waals surface area (Å²) in [5.74, 6) is -2.48. The molecule has 174 valence electrons. The van der Waals surface area contributed by atoms with Crippen LogP contribution >= 0.6 is 11.3 Å². The number of halogens is 2. The normalized spacial score (nSPS) is 12.9. The molecule has 5 aromatic rings. The Labute approximate surface area is 204 Å². The highest BCUT2D eigenvalue weighted by molar-refractivity contribution is 7.26. The Bertz CT molecular complexity index is 1530. The van der Waals surface area contributed by atoms with Crippen LogP contribution in [-0.4, -0.2) is 13.1 Å². The van der Waals surface area contributed by atoms with Crippen LogP contribution in [0.4, 0.5) is 8.78 Å². The number of pyridine rings is 1. The van der Waals surface area contributed by atoms with E-state index in [9.17, 15) is 0 Å². The van der Waals surface area contributed by atoms with Gasteiger partial charge in [-0.3, -0.25) is 4.98 Å². The van der Waals surface area contributed by atoms with Crippen molar-refractivity contribution in [1.29, 1.82) is 0 Å². The lowest BCUT2D eigenvalue weighted by Gasteiger charge is -2.25. The van der Waals surface area contributed by atoms with Gasteiger partial charge in [0.2, 0.25) is 0 Å². The second-order valence-electron chi connectivity index (χ2n) is 10.7. The van der Waals surface area contributed by atoms with Crippen molar-refractivity contribution in [2.24, 2.45) is 0 Å². The fourth-order valence-electron chi connectivity index (χ4n) is 4.93. The molecule has 0 N–H and O–H groups in total. The van der Waals surface area contributed by atoms with Crippen molar-refractivity contribution in [3.63, 3.8) is 0 Å². The number of rotatable bonds is 5. The Hall–Kier alpha value is -2.63. The molecule has 1 nitrogen and oxygen atoms in total. The number of nitrogens with zero attached hydrogens (tertiary/aromatic N) is 1. The summed E-state index contributed by atoms with van der Waals surface area (Å²) in [7, 11) is -1.97. The Morgan fingerprint density at radius 1 is 0.882 bits per heavy atom. The van der Waals surface area contributed by atoms with E-state index in [-0.39, 0.29) is 11.6 Å². The molecule has 0 atom stereocenters. The molecule has 5 rings (SSSR count). The maximum Gasteiger partial charge on any atom is 0.272 e. The Morgan fingerprint density at radius 2 is 1.59 bits per heavy atom. The van der Waals surface area contributed by atoms with Crippen LogP contribution in [0, 0.1) is 0 Å². The fourth-order valence-corrected chi connectivity index (χ4v) is 7.83. The third kappa shape index (κ3) is 4.05. The number of hydrogen-bond acceptors (Lipinski definition) is 2. The van der Waals surface area contributed by atoms with Gasteiger partial charge in [0.15, 0.2) is 0 Å². The molecule has 0 aliphatic heterocycles. The molecular weight excluding hydrogens is 460 g/mol. The highest BCUT2D eigenvalue weighted by Crippen LogP contribution is 2.46. The molecule has 2 heterocycles. The van der Waals surface area contributed by atoms with Gasteiger partial charge in [0.25, 0.3) is 5.92 Å². The summed E-state index contributed by atoms with van der Waals surface area (Å²) in [6.07, 6.45) is 1.81. The molecule has 0 unspecified atom stereocenters. The quantitative estimate of drug-likeness (QED) is 0.224. The van der Waals surface area contributed by atoms with Gasteiger partial charge in [-0.2, -0.15) is 0 Å². The first-order valence-corrected chi connectivity index (χ1v) is 16.3. The van der Waals surface area contributed by atoms with E-state index in [2.05, 4.69) is 50.2 Å². The minimum atomic E-state index is -2.84. The van der Waals surface area contributed by atoms with Crippen molar-refractivity contribution in [1.82, 2.24) is 4.98 Å². The number of fused-ring (bicyclic) bond motifs is 4. The lowest BCUT2D eigenvalue weighted by Crippen LogP contribution is -2.29. The molecule has 0 radical (unpaired) electrons. The van der Waals surface area contributed by atoms with Crippen LogP contribution in [0.2, 0.25) is 25.7 Å². The summed E-state index contributed by atoms with van der Waals surface area (Å²) in [6, 6.07) is 20.1. The highest BCUT2D eigenvalue weighted by Gasteiger charge is 2.39. The predicted octanol–water partition coefficient (Wildman–Crippen LogP) is 9.82. The first-order chi connectivity index (χ1) is 16.0. The van der Waals surface area contributed by atoms with Crippen LogP contribution in [0.15, 0.2) is 66.9 Å². The third-order valence-corrected chi connectivity index (χ3v) is 9.12. The molecule has 0 saturated carbocycles. The van der Waals surface area contributed by atoms with Crippen LogP contribution in [0.1, 0.15) is 30.9 Å². The van der Waals surface area contributed by atoms with Crippen molar-refractivity contribution in [2.45, 2.75) is 51.4 Å². The molecule has 0 aliphatic carbocycles. The zero-order chi connectivity index (χ0) is 24.3. The van der Waals surface area contributed by atoms with E-state index < -0.39 is 14.0 Å². The van der Waals surface area contributed by atoms with E-state index in [1.54, 1.807) is 18.3 Å². The van der Waals surface area contributed by atoms with Crippen molar-refractivity contribution in [3.8, 4) is 11.3 Å². The van der Waals surface area contributed by atoms with Crippen molar-refractivity contribution in [3.05, 3.63) is 78.0 Å². The summed E-state index contributed by atoms with van der Waals surface area (Å²) < 4.78 is 32.6. The van der Waals surface area contributed by atoms with Crippen LogP contribution < -0.4 is 0 Å². The van der Waals surface area contributed by atoms with E-state index in [0.717, 1.165) is 26.7 Å². The largest absolute Gasteiger partial charge is 0.272 e. The van der Waals surface area contributed by atoms with Gasteiger partial charge in [0.05, 0.1) is 18.5 Å². The van der Waals surface area contributed by atoms with E-state index in [1.165, 1.54) is 27.7 Å². The second-order valence-corrected chi connectivity index (χ2v) is 17.2. The number of aromatic nitrogens is 1. The molecule has 0 bridgehead atoms. The third-order valence-electron chi connectivity index (χ3n) is 6.35. The van der Waals surface area contributed by atoms with Gasteiger partial charge < -0.3 is 0 Å². The van der Waals surface area contributed by atoms with Gasteiger partial charge in [0, 0.05) is 38.8 Å². The standard InChI is InChI=1S/C29H29F2NSSi/c1-18(2)24-16-20(15-19-9-6-7-10-21(19)24)26-28-23(13-14-32-26)22-11-8-12-25(27(22)33-28)29(30,31)17-34(3,4)5/h6-16,18H,17H2,1-5H3. The van der Waals surface area contributed by atoms with Gasteiger partial charge in [-0.25, -0.2) is 8.78 Å².